The lowest BCUT2D eigenvalue weighted by Crippen LogP contribution is -2.35. The van der Waals surface area contributed by atoms with E-state index in [2.05, 4.69) is 11.8 Å². The van der Waals surface area contributed by atoms with Crippen molar-refractivity contribution in [2.45, 2.75) is 51.5 Å². The Morgan fingerprint density at radius 2 is 1.46 bits per heavy atom. The Labute approximate surface area is 87.4 Å². The molecule has 1 unspecified atom stereocenters. The van der Waals surface area contributed by atoms with Crippen molar-refractivity contribution in [2.75, 3.05) is 19.0 Å². The molecule has 0 aromatic heterocycles. The van der Waals surface area contributed by atoms with Crippen molar-refractivity contribution in [3.63, 3.8) is 0 Å². The summed E-state index contributed by atoms with van der Waals surface area (Å²) in [5, 5.41) is 0. The van der Waals surface area contributed by atoms with E-state index in [1.54, 1.807) is 0 Å². The van der Waals surface area contributed by atoms with Crippen LogP contribution in [0.5, 0.6) is 0 Å². The quantitative estimate of drug-likeness (QED) is 0.623. The second-order valence-electron chi connectivity index (χ2n) is 4.16. The standard InChI is InChI=1S/C11H22ClN/c1-11(10-12)13-8-6-4-2-3-5-7-9-13/h11H,2-10H2,1H3. The molecule has 0 aromatic carbocycles. The maximum atomic E-state index is 5.88. The molecular weight excluding hydrogens is 182 g/mol. The normalized spacial score (nSPS) is 24.5. The molecule has 78 valence electrons. The third-order valence-corrected chi connectivity index (χ3v) is 3.43. The zero-order chi connectivity index (χ0) is 9.52. The fraction of sp³-hybridized carbons (Fsp3) is 1.00. The molecule has 1 heterocycles. The minimum absolute atomic E-state index is 0.569. The van der Waals surface area contributed by atoms with E-state index in [4.69, 9.17) is 11.6 Å². The average molecular weight is 204 g/mol. The first kappa shape index (κ1) is 11.3. The van der Waals surface area contributed by atoms with Crippen LogP contribution in [0.3, 0.4) is 0 Å². The van der Waals surface area contributed by atoms with Gasteiger partial charge in [-0.05, 0) is 32.9 Å². The van der Waals surface area contributed by atoms with E-state index in [1.165, 1.54) is 51.6 Å². The van der Waals surface area contributed by atoms with Gasteiger partial charge in [0, 0.05) is 11.9 Å². The molecule has 1 aliphatic rings. The average Bonchev–Trinajstić information content (AvgIpc) is 2.29. The van der Waals surface area contributed by atoms with Gasteiger partial charge in [-0.3, -0.25) is 4.90 Å². The number of hydrogen-bond donors (Lipinski definition) is 0. The van der Waals surface area contributed by atoms with Crippen molar-refractivity contribution < 1.29 is 0 Å². The maximum Gasteiger partial charge on any atom is 0.0376 e. The van der Waals surface area contributed by atoms with Gasteiger partial charge in [0.15, 0.2) is 0 Å². The fourth-order valence-electron chi connectivity index (χ4n) is 1.99. The number of hydrogen-bond acceptors (Lipinski definition) is 1. The summed E-state index contributed by atoms with van der Waals surface area (Å²) in [5.41, 5.74) is 0. The molecule has 0 radical (unpaired) electrons. The Balaban J connectivity index is 2.31. The highest BCUT2D eigenvalue weighted by atomic mass is 35.5. The number of alkyl halides is 1. The van der Waals surface area contributed by atoms with E-state index in [0.29, 0.717) is 6.04 Å². The summed E-state index contributed by atoms with van der Waals surface area (Å²) >= 11 is 5.88. The summed E-state index contributed by atoms with van der Waals surface area (Å²) in [6.07, 6.45) is 8.41. The largest absolute Gasteiger partial charge is 0.299 e. The molecular formula is C11H22ClN. The van der Waals surface area contributed by atoms with Crippen LogP contribution >= 0.6 is 11.6 Å². The Bertz CT molecular complexity index is 117. The van der Waals surface area contributed by atoms with Gasteiger partial charge in [-0.2, -0.15) is 0 Å². The summed E-state index contributed by atoms with van der Waals surface area (Å²) in [6, 6.07) is 0.569. The first-order chi connectivity index (χ1) is 6.34. The van der Waals surface area contributed by atoms with Crippen molar-refractivity contribution in [1.82, 2.24) is 4.90 Å². The van der Waals surface area contributed by atoms with Gasteiger partial charge in [-0.25, -0.2) is 0 Å². The molecule has 13 heavy (non-hydrogen) atoms. The van der Waals surface area contributed by atoms with Crippen molar-refractivity contribution >= 4 is 11.6 Å². The van der Waals surface area contributed by atoms with E-state index in [9.17, 15) is 0 Å². The number of halogens is 1. The third kappa shape index (κ3) is 4.33. The van der Waals surface area contributed by atoms with Crippen LogP contribution in [0.2, 0.25) is 0 Å². The predicted octanol–water partition coefficient (Wildman–Crippen LogP) is 3.27. The van der Waals surface area contributed by atoms with Crippen LogP contribution in [-0.2, 0) is 0 Å². The summed E-state index contributed by atoms with van der Waals surface area (Å²) in [7, 11) is 0. The molecule has 1 rings (SSSR count). The second kappa shape index (κ2) is 6.67. The van der Waals surface area contributed by atoms with E-state index < -0.39 is 0 Å². The Morgan fingerprint density at radius 1 is 1.00 bits per heavy atom. The molecule has 2 heteroatoms. The second-order valence-corrected chi connectivity index (χ2v) is 4.47. The lowest BCUT2D eigenvalue weighted by Gasteiger charge is -2.27. The molecule has 1 aliphatic heterocycles. The van der Waals surface area contributed by atoms with Crippen molar-refractivity contribution in [1.29, 1.82) is 0 Å². The summed E-state index contributed by atoms with van der Waals surface area (Å²) in [4.78, 5) is 2.55. The lowest BCUT2D eigenvalue weighted by molar-refractivity contribution is 0.220. The molecule has 1 nitrogen and oxygen atoms in total. The van der Waals surface area contributed by atoms with Crippen molar-refractivity contribution in [3.05, 3.63) is 0 Å². The highest BCUT2D eigenvalue weighted by Gasteiger charge is 2.12. The van der Waals surface area contributed by atoms with Crippen molar-refractivity contribution in [2.24, 2.45) is 0 Å². The van der Waals surface area contributed by atoms with Gasteiger partial charge >= 0.3 is 0 Å². The first-order valence-electron chi connectivity index (χ1n) is 5.64. The monoisotopic (exact) mass is 203 g/mol. The van der Waals surface area contributed by atoms with E-state index in [1.807, 2.05) is 0 Å². The Hall–Kier alpha value is 0.250. The third-order valence-electron chi connectivity index (χ3n) is 2.99. The van der Waals surface area contributed by atoms with Crippen LogP contribution in [0.15, 0.2) is 0 Å². The van der Waals surface area contributed by atoms with Gasteiger partial charge in [0.05, 0.1) is 0 Å². The summed E-state index contributed by atoms with van der Waals surface area (Å²) in [6.45, 7) is 4.76. The SMILES string of the molecule is CC(CCl)N1CCCCCCCC1. The van der Waals surface area contributed by atoms with Gasteiger partial charge in [0.25, 0.3) is 0 Å². The van der Waals surface area contributed by atoms with Crippen LogP contribution in [0, 0.1) is 0 Å². The van der Waals surface area contributed by atoms with Crippen molar-refractivity contribution in [3.8, 4) is 0 Å². The van der Waals surface area contributed by atoms with Gasteiger partial charge in [-0.1, -0.05) is 25.7 Å². The molecule has 1 fully saturated rings. The number of nitrogens with zero attached hydrogens (tertiary/aromatic N) is 1. The molecule has 0 N–H and O–H groups in total. The first-order valence-corrected chi connectivity index (χ1v) is 6.18. The van der Waals surface area contributed by atoms with Gasteiger partial charge in [0.1, 0.15) is 0 Å². The predicted molar refractivity (Wildman–Crippen MR) is 59.5 cm³/mol. The summed E-state index contributed by atoms with van der Waals surface area (Å²) < 4.78 is 0. The molecule has 1 saturated heterocycles. The molecule has 1 atom stereocenters. The minimum atomic E-state index is 0.569. The van der Waals surface area contributed by atoms with Crippen LogP contribution < -0.4 is 0 Å². The summed E-state index contributed by atoms with van der Waals surface area (Å²) in [5.74, 6) is 0.778. The molecule has 0 spiro atoms. The Kier molecular flexibility index (Phi) is 5.81. The van der Waals surface area contributed by atoms with Crippen LogP contribution in [0.25, 0.3) is 0 Å². The van der Waals surface area contributed by atoms with E-state index in [-0.39, 0.29) is 0 Å². The Morgan fingerprint density at radius 3 is 1.92 bits per heavy atom. The van der Waals surface area contributed by atoms with Gasteiger partial charge in [0.2, 0.25) is 0 Å². The highest BCUT2D eigenvalue weighted by molar-refractivity contribution is 6.18. The van der Waals surface area contributed by atoms with E-state index >= 15 is 0 Å². The lowest BCUT2D eigenvalue weighted by atomic mass is 10.1. The number of rotatable bonds is 2. The van der Waals surface area contributed by atoms with Crippen LogP contribution in [-0.4, -0.2) is 29.9 Å². The minimum Gasteiger partial charge on any atom is -0.299 e. The molecule has 0 saturated carbocycles. The van der Waals surface area contributed by atoms with Gasteiger partial charge in [-0.15, -0.1) is 11.6 Å². The molecule has 0 amide bonds. The van der Waals surface area contributed by atoms with E-state index in [0.717, 1.165) is 5.88 Å². The van der Waals surface area contributed by atoms with Gasteiger partial charge < -0.3 is 0 Å². The highest BCUT2D eigenvalue weighted by Crippen LogP contribution is 2.13. The zero-order valence-electron chi connectivity index (χ0n) is 8.77. The van der Waals surface area contributed by atoms with Crippen LogP contribution in [0.4, 0.5) is 0 Å². The smallest absolute Gasteiger partial charge is 0.0376 e. The molecule has 0 bridgehead atoms. The van der Waals surface area contributed by atoms with Crippen LogP contribution in [0.1, 0.15) is 45.4 Å². The molecule has 0 aliphatic carbocycles. The topological polar surface area (TPSA) is 3.24 Å². The maximum absolute atomic E-state index is 5.88. The zero-order valence-corrected chi connectivity index (χ0v) is 9.52. The fourth-order valence-corrected chi connectivity index (χ4v) is 2.18. The molecule has 0 aromatic rings.